The lowest BCUT2D eigenvalue weighted by Crippen LogP contribution is -1.91. The second kappa shape index (κ2) is 20.4. The molecule has 0 radical (unpaired) electrons. The molecular weight excluding hydrogens is 252 g/mol. The Morgan fingerprint density at radius 3 is 1.40 bits per heavy atom. The number of aliphatic hydroxyl groups is 3. The Hall–Kier alpha value is 0.930. The maximum atomic E-state index is 8.42. The van der Waals surface area contributed by atoms with Gasteiger partial charge >= 0.3 is 0 Å². The molecule has 0 aromatic rings. The quantitative estimate of drug-likeness (QED) is 0.349. The molecule has 0 aromatic heterocycles. The summed E-state index contributed by atoms with van der Waals surface area (Å²) in [6.07, 6.45) is 2.52. The van der Waals surface area contributed by atoms with Gasteiger partial charge in [-0.3, -0.25) is 0 Å². The van der Waals surface area contributed by atoms with Crippen LogP contribution in [-0.4, -0.2) is 38.6 Å². The summed E-state index contributed by atoms with van der Waals surface area (Å²) in [4.78, 5) is 0. The highest BCUT2D eigenvalue weighted by molar-refractivity contribution is 7.80. The Morgan fingerprint density at radius 2 is 1.40 bits per heavy atom. The van der Waals surface area contributed by atoms with Crippen molar-refractivity contribution in [2.75, 3.05) is 12.4 Å². The van der Waals surface area contributed by atoms with Gasteiger partial charge in [0.2, 0.25) is 0 Å². The Balaban J connectivity index is -0.000000147. The van der Waals surface area contributed by atoms with Crippen LogP contribution in [0.1, 0.15) is 33.1 Å². The molecule has 0 rings (SSSR count). The summed E-state index contributed by atoms with van der Waals surface area (Å²) in [5.74, 6) is 0.569. The Labute approximate surface area is 110 Å². The highest BCUT2D eigenvalue weighted by Gasteiger charge is 1.88. The fourth-order valence-electron chi connectivity index (χ4n) is 0.258. The molecule has 0 aromatic carbocycles. The van der Waals surface area contributed by atoms with Crippen LogP contribution in [0, 0.1) is 0 Å². The molecule has 0 aliphatic heterocycles. The Morgan fingerprint density at radius 1 is 1.07 bits per heavy atom. The number of thiol groups is 3. The molecule has 0 heterocycles. The van der Waals surface area contributed by atoms with Crippen LogP contribution < -0.4 is 0 Å². The fraction of sp³-hybridized carbons (Fsp3) is 1.00. The fourth-order valence-corrected chi connectivity index (χ4v) is 0.516. The number of rotatable bonds is 4. The van der Waals surface area contributed by atoms with Gasteiger partial charge in [0.15, 0.2) is 0 Å². The lowest BCUT2D eigenvalue weighted by molar-refractivity contribution is 0.254. The van der Waals surface area contributed by atoms with Crippen molar-refractivity contribution < 1.29 is 15.3 Å². The van der Waals surface area contributed by atoms with Crippen molar-refractivity contribution in [1.82, 2.24) is 0 Å². The molecule has 3 N–H and O–H groups in total. The van der Waals surface area contributed by atoms with Crippen molar-refractivity contribution in [3.8, 4) is 0 Å². The molecule has 0 saturated heterocycles. The van der Waals surface area contributed by atoms with E-state index in [1.165, 1.54) is 0 Å². The van der Waals surface area contributed by atoms with E-state index in [2.05, 4.69) is 37.9 Å². The molecule has 96 valence electrons. The normalized spacial score (nSPS) is 12.8. The Bertz CT molecular complexity index is 90.7. The molecule has 3 nitrogen and oxygen atoms in total. The van der Waals surface area contributed by atoms with E-state index in [-0.39, 0.29) is 6.61 Å². The maximum absolute atomic E-state index is 8.42. The average Bonchev–Trinajstić information content (AvgIpc) is 2.19. The van der Waals surface area contributed by atoms with E-state index in [1.54, 1.807) is 0 Å². The van der Waals surface area contributed by atoms with Gasteiger partial charge in [-0.2, -0.15) is 12.6 Å². The zero-order chi connectivity index (χ0) is 12.7. The molecule has 6 heteroatoms. The highest BCUT2D eigenvalue weighted by atomic mass is 32.1. The van der Waals surface area contributed by atoms with Gasteiger partial charge in [0.05, 0.1) is 17.5 Å². The topological polar surface area (TPSA) is 60.7 Å². The molecule has 0 spiro atoms. The molecule has 2 unspecified atom stereocenters. The van der Waals surface area contributed by atoms with Gasteiger partial charge in [0, 0.05) is 5.75 Å². The number of hydrogen-bond donors (Lipinski definition) is 6. The predicted octanol–water partition coefficient (Wildman–Crippen LogP) is 1.59. The average molecular weight is 276 g/mol. The lowest BCUT2D eigenvalue weighted by Gasteiger charge is -1.94. The minimum Gasteiger partial charge on any atom is -0.396 e. The lowest BCUT2D eigenvalue weighted by atomic mass is 10.4. The standard InChI is InChI=1S/C4H10OS.C3H8OS.C2H6OS/c1-2-3-4(5)6;1-2-3(4)5;3-1-2-4/h4-6H,2-3H2,1H3;3-5H,2H2,1H3;3-4H,1-2H2. The molecule has 0 saturated carbocycles. The van der Waals surface area contributed by atoms with Crippen molar-refractivity contribution in [3.63, 3.8) is 0 Å². The molecular formula is C9H24O3S3. The second-order valence-electron chi connectivity index (χ2n) is 2.61. The summed E-state index contributed by atoms with van der Waals surface area (Å²) in [5.41, 5.74) is -0.829. The minimum absolute atomic E-state index is 0.184. The molecule has 15 heavy (non-hydrogen) atoms. The van der Waals surface area contributed by atoms with Crippen LogP contribution in [0.25, 0.3) is 0 Å². The van der Waals surface area contributed by atoms with E-state index in [1.807, 2.05) is 13.8 Å². The monoisotopic (exact) mass is 276 g/mol. The van der Waals surface area contributed by atoms with E-state index in [0.29, 0.717) is 5.75 Å². The zero-order valence-corrected chi connectivity index (χ0v) is 12.1. The molecule has 0 aliphatic rings. The van der Waals surface area contributed by atoms with Crippen LogP contribution in [0.3, 0.4) is 0 Å². The van der Waals surface area contributed by atoms with Crippen molar-refractivity contribution in [2.45, 2.75) is 44.0 Å². The van der Waals surface area contributed by atoms with E-state index in [0.717, 1.165) is 19.3 Å². The van der Waals surface area contributed by atoms with Crippen LogP contribution >= 0.6 is 37.9 Å². The first-order chi connectivity index (χ1) is 6.95. The largest absolute Gasteiger partial charge is 0.396 e. The summed E-state index contributed by atoms with van der Waals surface area (Å²) in [6, 6.07) is 0. The van der Waals surface area contributed by atoms with Gasteiger partial charge in [0.1, 0.15) is 0 Å². The molecule has 2 atom stereocenters. The molecule has 0 bridgehead atoms. The Kier molecular flexibility index (Phi) is 28.8. The van der Waals surface area contributed by atoms with Crippen LogP contribution in [0.5, 0.6) is 0 Å². The van der Waals surface area contributed by atoms with E-state index < -0.39 is 10.9 Å². The first-order valence-corrected chi connectivity index (χ1v) is 6.56. The maximum Gasteiger partial charge on any atom is 0.0964 e. The molecule has 0 amide bonds. The summed E-state index contributed by atoms with van der Waals surface area (Å²) in [6.45, 7) is 4.07. The van der Waals surface area contributed by atoms with Crippen molar-refractivity contribution >= 4 is 37.9 Å². The van der Waals surface area contributed by atoms with Crippen molar-refractivity contribution in [2.24, 2.45) is 0 Å². The predicted molar refractivity (Wildman–Crippen MR) is 76.1 cm³/mol. The smallest absolute Gasteiger partial charge is 0.0964 e. The number of hydrogen-bond acceptors (Lipinski definition) is 6. The van der Waals surface area contributed by atoms with Crippen LogP contribution in [-0.2, 0) is 0 Å². The summed E-state index contributed by atoms with van der Waals surface area (Å²) < 4.78 is 0. The van der Waals surface area contributed by atoms with E-state index in [9.17, 15) is 0 Å². The summed E-state index contributed by atoms with van der Waals surface area (Å²) >= 11 is 11.1. The third kappa shape index (κ3) is 52.0. The highest BCUT2D eigenvalue weighted by Crippen LogP contribution is 1.97. The van der Waals surface area contributed by atoms with Gasteiger partial charge in [0.25, 0.3) is 0 Å². The van der Waals surface area contributed by atoms with Crippen LogP contribution in [0.15, 0.2) is 0 Å². The van der Waals surface area contributed by atoms with Gasteiger partial charge in [-0.25, -0.2) is 0 Å². The van der Waals surface area contributed by atoms with Crippen molar-refractivity contribution in [1.29, 1.82) is 0 Å². The first kappa shape index (κ1) is 21.2. The van der Waals surface area contributed by atoms with Gasteiger partial charge in [-0.05, 0) is 12.8 Å². The number of aliphatic hydroxyl groups excluding tert-OH is 3. The van der Waals surface area contributed by atoms with Crippen LogP contribution in [0.4, 0.5) is 0 Å². The van der Waals surface area contributed by atoms with Gasteiger partial charge < -0.3 is 15.3 Å². The SMILES string of the molecule is CCC(O)S.CCCC(O)S.OCCS. The zero-order valence-electron chi connectivity index (χ0n) is 9.37. The van der Waals surface area contributed by atoms with E-state index >= 15 is 0 Å². The second-order valence-corrected chi connectivity index (χ2v) is 4.24. The summed E-state index contributed by atoms with van der Waals surface area (Å²) in [5, 5.41) is 24.4. The van der Waals surface area contributed by atoms with Crippen molar-refractivity contribution in [3.05, 3.63) is 0 Å². The van der Waals surface area contributed by atoms with Crippen LogP contribution in [0.2, 0.25) is 0 Å². The third-order valence-corrected chi connectivity index (χ3v) is 1.84. The molecule has 0 fully saturated rings. The van der Waals surface area contributed by atoms with Gasteiger partial charge in [-0.1, -0.05) is 20.3 Å². The summed E-state index contributed by atoms with van der Waals surface area (Å²) in [7, 11) is 0. The first-order valence-electron chi connectivity index (χ1n) is 4.90. The third-order valence-electron chi connectivity index (χ3n) is 1.01. The van der Waals surface area contributed by atoms with Gasteiger partial charge in [-0.15, -0.1) is 25.3 Å². The minimum atomic E-state index is -0.421. The molecule has 0 aliphatic carbocycles. The van der Waals surface area contributed by atoms with E-state index in [4.69, 9.17) is 15.3 Å².